The molecule has 32 heavy (non-hydrogen) atoms. The van der Waals surface area contributed by atoms with Crippen LogP contribution in [0.2, 0.25) is 5.02 Å². The lowest BCUT2D eigenvalue weighted by Gasteiger charge is -2.34. The summed E-state index contributed by atoms with van der Waals surface area (Å²) < 4.78 is 27.5. The number of anilines is 2. The van der Waals surface area contributed by atoms with Gasteiger partial charge in [0, 0.05) is 49.3 Å². The normalized spacial score (nSPS) is 14.8. The van der Waals surface area contributed by atoms with Crippen LogP contribution in [-0.2, 0) is 21.2 Å². The van der Waals surface area contributed by atoms with Crippen molar-refractivity contribution in [3.63, 3.8) is 0 Å². The maximum atomic E-state index is 13.0. The second kappa shape index (κ2) is 9.64. The molecule has 3 aromatic rings. The molecule has 1 fully saturated rings. The third-order valence-electron chi connectivity index (χ3n) is 5.17. The molecular weight excluding hydrogens is 450 g/mol. The molecule has 1 aliphatic rings. The molecule has 0 saturated carbocycles. The van der Waals surface area contributed by atoms with Gasteiger partial charge in [-0.3, -0.25) is 9.78 Å². The van der Waals surface area contributed by atoms with Crippen LogP contribution < -0.4 is 10.2 Å². The summed E-state index contributed by atoms with van der Waals surface area (Å²) in [5.41, 5.74) is 1.38. The summed E-state index contributed by atoms with van der Waals surface area (Å²) in [7, 11) is -3.62. The summed E-state index contributed by atoms with van der Waals surface area (Å²) in [4.78, 5) is 22.8. The van der Waals surface area contributed by atoms with Crippen LogP contribution in [-0.4, -0.2) is 54.8 Å². The molecule has 4 rings (SSSR count). The summed E-state index contributed by atoms with van der Waals surface area (Å²) in [6.07, 6.45) is 5.10. The van der Waals surface area contributed by atoms with Gasteiger partial charge in [-0.05, 0) is 42.0 Å². The predicted octanol–water partition coefficient (Wildman–Crippen LogP) is 2.82. The van der Waals surface area contributed by atoms with Crippen molar-refractivity contribution in [1.82, 2.24) is 14.3 Å². The summed E-state index contributed by atoms with van der Waals surface area (Å²) in [5.74, 6) is 0.548. The Morgan fingerprint density at radius 1 is 0.969 bits per heavy atom. The van der Waals surface area contributed by atoms with E-state index in [1.807, 2.05) is 4.90 Å². The molecule has 0 aliphatic carbocycles. The van der Waals surface area contributed by atoms with Crippen molar-refractivity contribution in [3.05, 3.63) is 77.7 Å². The number of sulfonamides is 1. The Bertz CT molecular complexity index is 1160. The Balaban J connectivity index is 1.35. The van der Waals surface area contributed by atoms with E-state index in [-0.39, 0.29) is 17.2 Å². The van der Waals surface area contributed by atoms with E-state index in [1.54, 1.807) is 55.0 Å². The van der Waals surface area contributed by atoms with E-state index in [0.717, 1.165) is 11.4 Å². The molecule has 0 bridgehead atoms. The van der Waals surface area contributed by atoms with Crippen molar-refractivity contribution in [2.24, 2.45) is 0 Å². The number of amides is 1. The predicted molar refractivity (Wildman–Crippen MR) is 123 cm³/mol. The summed E-state index contributed by atoms with van der Waals surface area (Å²) >= 11 is 5.86. The van der Waals surface area contributed by atoms with E-state index >= 15 is 0 Å². The van der Waals surface area contributed by atoms with Gasteiger partial charge in [-0.25, -0.2) is 13.4 Å². The van der Waals surface area contributed by atoms with Gasteiger partial charge in [-0.1, -0.05) is 23.7 Å². The molecule has 8 nitrogen and oxygen atoms in total. The van der Waals surface area contributed by atoms with E-state index in [2.05, 4.69) is 15.3 Å². The highest BCUT2D eigenvalue weighted by molar-refractivity contribution is 7.89. The van der Waals surface area contributed by atoms with E-state index in [9.17, 15) is 13.2 Å². The lowest BCUT2D eigenvalue weighted by atomic mass is 10.1. The molecule has 1 aromatic heterocycles. The molecule has 0 radical (unpaired) electrons. The van der Waals surface area contributed by atoms with Crippen LogP contribution in [0.1, 0.15) is 5.56 Å². The molecule has 1 amide bonds. The zero-order valence-corrected chi connectivity index (χ0v) is 18.8. The zero-order chi connectivity index (χ0) is 22.6. The van der Waals surface area contributed by atoms with Gasteiger partial charge in [0.05, 0.1) is 17.5 Å². The minimum atomic E-state index is -3.62. The Labute approximate surface area is 191 Å². The molecule has 1 N–H and O–H groups in total. The maximum absolute atomic E-state index is 13.0. The third kappa shape index (κ3) is 5.24. The number of rotatable bonds is 6. The van der Waals surface area contributed by atoms with Crippen LogP contribution in [0.5, 0.6) is 0 Å². The number of hydrogen-bond donors (Lipinski definition) is 1. The second-order valence-electron chi connectivity index (χ2n) is 7.33. The van der Waals surface area contributed by atoms with E-state index in [4.69, 9.17) is 11.6 Å². The average molecular weight is 472 g/mol. The van der Waals surface area contributed by atoms with Crippen molar-refractivity contribution >= 4 is 39.0 Å². The molecule has 0 spiro atoms. The Morgan fingerprint density at radius 2 is 1.66 bits per heavy atom. The number of carbonyl (C=O) groups is 1. The lowest BCUT2D eigenvalue weighted by Crippen LogP contribution is -2.48. The van der Waals surface area contributed by atoms with Crippen molar-refractivity contribution < 1.29 is 13.2 Å². The van der Waals surface area contributed by atoms with Gasteiger partial charge >= 0.3 is 0 Å². The number of benzene rings is 2. The molecule has 166 valence electrons. The molecular formula is C22H22ClN5O3S. The number of piperazine rings is 1. The number of nitrogens with one attached hydrogen (secondary N) is 1. The van der Waals surface area contributed by atoms with Gasteiger partial charge in [-0.15, -0.1) is 0 Å². The first-order chi connectivity index (χ1) is 15.4. The number of carbonyl (C=O) groups excluding carboxylic acids is 1. The third-order valence-corrected chi connectivity index (χ3v) is 7.33. The monoisotopic (exact) mass is 471 g/mol. The van der Waals surface area contributed by atoms with Gasteiger partial charge in [0.25, 0.3) is 0 Å². The summed E-state index contributed by atoms with van der Waals surface area (Å²) in [6, 6.07) is 13.3. The maximum Gasteiger partial charge on any atom is 0.243 e. The molecule has 1 aliphatic heterocycles. The van der Waals surface area contributed by atoms with Crippen LogP contribution in [0.15, 0.2) is 72.0 Å². The molecule has 1 saturated heterocycles. The topological polar surface area (TPSA) is 95.5 Å². The SMILES string of the molecule is O=C(Cc1ccc(Cl)cc1)Nc1ccc(S(=O)(=O)N2CCN(c3cnccn3)CC2)cc1. The van der Waals surface area contributed by atoms with Crippen molar-refractivity contribution in [2.75, 3.05) is 36.4 Å². The fourth-order valence-corrected chi connectivity index (χ4v) is 5.01. The van der Waals surface area contributed by atoms with Gasteiger partial charge in [0.15, 0.2) is 0 Å². The Hall–Kier alpha value is -3.01. The van der Waals surface area contributed by atoms with Crippen molar-refractivity contribution in [2.45, 2.75) is 11.3 Å². The smallest absolute Gasteiger partial charge is 0.243 e. The highest BCUT2D eigenvalue weighted by Gasteiger charge is 2.29. The van der Waals surface area contributed by atoms with Gasteiger partial charge in [-0.2, -0.15) is 4.31 Å². The van der Waals surface area contributed by atoms with Crippen LogP contribution in [0.25, 0.3) is 0 Å². The average Bonchev–Trinajstić information content (AvgIpc) is 2.81. The fraction of sp³-hybridized carbons (Fsp3) is 0.227. The quantitative estimate of drug-likeness (QED) is 0.594. The minimum absolute atomic E-state index is 0.192. The van der Waals surface area contributed by atoms with E-state index in [0.29, 0.717) is 36.9 Å². The number of aromatic nitrogens is 2. The van der Waals surface area contributed by atoms with Crippen LogP contribution in [0, 0.1) is 0 Å². The Morgan fingerprint density at radius 3 is 2.28 bits per heavy atom. The number of halogens is 1. The van der Waals surface area contributed by atoms with Gasteiger partial charge in [0.1, 0.15) is 5.82 Å². The first kappa shape index (κ1) is 22.2. The second-order valence-corrected chi connectivity index (χ2v) is 9.70. The zero-order valence-electron chi connectivity index (χ0n) is 17.2. The van der Waals surface area contributed by atoms with Crippen molar-refractivity contribution in [3.8, 4) is 0 Å². The first-order valence-electron chi connectivity index (χ1n) is 10.1. The summed E-state index contributed by atoms with van der Waals surface area (Å²) in [6.45, 7) is 1.80. The first-order valence-corrected chi connectivity index (χ1v) is 11.9. The van der Waals surface area contributed by atoms with Crippen LogP contribution in [0.3, 0.4) is 0 Å². The molecule has 2 heterocycles. The van der Waals surface area contributed by atoms with Gasteiger partial charge in [0.2, 0.25) is 15.9 Å². The standard InChI is InChI=1S/C22H22ClN5O3S/c23-18-3-1-17(2-4-18)15-22(29)26-19-5-7-20(8-6-19)32(30,31)28-13-11-27(12-14-28)21-16-24-9-10-25-21/h1-10,16H,11-15H2,(H,26,29). The van der Waals surface area contributed by atoms with Crippen LogP contribution in [0.4, 0.5) is 11.5 Å². The van der Waals surface area contributed by atoms with Gasteiger partial charge < -0.3 is 10.2 Å². The van der Waals surface area contributed by atoms with E-state index in [1.165, 1.54) is 16.4 Å². The Kier molecular flexibility index (Phi) is 6.69. The molecule has 0 unspecified atom stereocenters. The molecule has 10 heteroatoms. The highest BCUT2D eigenvalue weighted by atomic mass is 35.5. The highest BCUT2D eigenvalue weighted by Crippen LogP contribution is 2.21. The largest absolute Gasteiger partial charge is 0.353 e. The number of nitrogens with zero attached hydrogens (tertiary/aromatic N) is 4. The fourth-order valence-electron chi connectivity index (χ4n) is 3.46. The summed E-state index contributed by atoms with van der Waals surface area (Å²) in [5, 5.41) is 3.40. The van der Waals surface area contributed by atoms with Crippen LogP contribution >= 0.6 is 11.6 Å². The van der Waals surface area contributed by atoms with Crippen molar-refractivity contribution in [1.29, 1.82) is 0 Å². The molecule has 0 atom stereocenters. The lowest BCUT2D eigenvalue weighted by molar-refractivity contribution is -0.115. The molecule has 2 aromatic carbocycles. The minimum Gasteiger partial charge on any atom is -0.353 e. The number of hydrogen-bond acceptors (Lipinski definition) is 6. The van der Waals surface area contributed by atoms with E-state index < -0.39 is 10.0 Å².